The van der Waals surface area contributed by atoms with Crippen LogP contribution >= 0.6 is 12.2 Å². The van der Waals surface area contributed by atoms with Gasteiger partial charge in [0.15, 0.2) is 0 Å². The number of carbonyl (C=O) groups is 1. The molecule has 0 saturated heterocycles. The summed E-state index contributed by atoms with van der Waals surface area (Å²) in [7, 11) is 1.63. The fourth-order valence-corrected chi connectivity index (χ4v) is 1.91. The lowest BCUT2D eigenvalue weighted by Crippen LogP contribution is -2.26. The molecule has 0 atom stereocenters. The molecule has 2 aromatic rings. The van der Waals surface area contributed by atoms with Crippen LogP contribution in [0.4, 0.5) is 10.1 Å². The maximum Gasteiger partial charge on any atom is 0.258 e. The molecule has 2 N–H and O–H groups in total. The van der Waals surface area contributed by atoms with Crippen LogP contribution in [0.3, 0.4) is 0 Å². The number of nitrogens with zero attached hydrogens (tertiary/aromatic N) is 1. The van der Waals surface area contributed by atoms with Gasteiger partial charge in [-0.25, -0.2) is 4.39 Å². The van der Waals surface area contributed by atoms with Crippen LogP contribution in [0.2, 0.25) is 0 Å². The molecular weight excluding hydrogens is 275 g/mol. The highest BCUT2D eigenvalue weighted by Crippen LogP contribution is 2.16. The van der Waals surface area contributed by atoms with Crippen LogP contribution in [0.5, 0.6) is 0 Å². The molecule has 0 spiro atoms. The van der Waals surface area contributed by atoms with Crippen LogP contribution in [0.1, 0.15) is 15.9 Å². The number of nitrogens with two attached hydrogens (primary N) is 1. The Morgan fingerprint density at radius 1 is 1.15 bits per heavy atom. The van der Waals surface area contributed by atoms with E-state index in [2.05, 4.69) is 0 Å². The first-order valence-corrected chi connectivity index (χ1v) is 6.33. The van der Waals surface area contributed by atoms with Gasteiger partial charge in [-0.2, -0.15) is 0 Å². The Kier molecular flexibility index (Phi) is 4.10. The van der Waals surface area contributed by atoms with Crippen molar-refractivity contribution >= 4 is 28.8 Å². The van der Waals surface area contributed by atoms with Gasteiger partial charge in [-0.05, 0) is 36.4 Å². The van der Waals surface area contributed by atoms with Gasteiger partial charge in [-0.1, -0.05) is 24.4 Å². The molecule has 0 aliphatic heterocycles. The molecule has 0 unspecified atom stereocenters. The average Bonchev–Trinajstić information content (AvgIpc) is 2.46. The second-order valence-electron chi connectivity index (χ2n) is 4.29. The van der Waals surface area contributed by atoms with E-state index in [9.17, 15) is 9.18 Å². The summed E-state index contributed by atoms with van der Waals surface area (Å²) < 4.78 is 12.9. The molecule has 0 radical (unpaired) electrons. The number of anilines is 1. The van der Waals surface area contributed by atoms with Crippen molar-refractivity contribution in [2.24, 2.45) is 5.73 Å². The van der Waals surface area contributed by atoms with Crippen molar-refractivity contribution < 1.29 is 9.18 Å². The molecule has 0 fully saturated rings. The molecule has 0 heterocycles. The minimum Gasteiger partial charge on any atom is -0.389 e. The van der Waals surface area contributed by atoms with Crippen molar-refractivity contribution in [3.05, 3.63) is 65.5 Å². The third kappa shape index (κ3) is 3.00. The number of hydrogen-bond donors (Lipinski definition) is 1. The molecule has 102 valence electrons. The summed E-state index contributed by atoms with van der Waals surface area (Å²) >= 11 is 4.89. The minimum absolute atomic E-state index is 0.213. The van der Waals surface area contributed by atoms with Crippen LogP contribution in [0, 0.1) is 5.82 Å². The zero-order valence-electron chi connectivity index (χ0n) is 10.8. The fraction of sp³-hybridized carbons (Fsp3) is 0.0667. The van der Waals surface area contributed by atoms with Gasteiger partial charge in [0.1, 0.15) is 10.8 Å². The van der Waals surface area contributed by atoms with Crippen LogP contribution < -0.4 is 10.6 Å². The molecule has 2 rings (SSSR count). The SMILES string of the molecule is CN(C(=O)c1cccc(C(N)=S)c1)c1ccc(F)cc1. The summed E-state index contributed by atoms with van der Waals surface area (Å²) in [5.74, 6) is -0.556. The first-order chi connectivity index (χ1) is 9.49. The lowest BCUT2D eigenvalue weighted by atomic mass is 10.1. The van der Waals surface area contributed by atoms with Gasteiger partial charge in [-0.3, -0.25) is 4.79 Å². The van der Waals surface area contributed by atoms with Crippen molar-refractivity contribution in [2.45, 2.75) is 0 Å². The Balaban J connectivity index is 2.28. The number of thiocarbonyl (C=S) groups is 1. The van der Waals surface area contributed by atoms with Crippen molar-refractivity contribution in [1.82, 2.24) is 0 Å². The molecule has 0 aliphatic carbocycles. The van der Waals surface area contributed by atoms with Crippen LogP contribution in [0.25, 0.3) is 0 Å². The standard InChI is InChI=1S/C15H13FN2OS/c1-18(13-7-5-12(16)6-8-13)15(19)11-4-2-3-10(9-11)14(17)20/h2-9H,1H3,(H2,17,20). The van der Waals surface area contributed by atoms with Gasteiger partial charge in [-0.15, -0.1) is 0 Å². The molecule has 1 amide bonds. The summed E-state index contributed by atoms with van der Waals surface area (Å²) in [6.45, 7) is 0. The Bertz CT molecular complexity index is 655. The predicted molar refractivity (Wildman–Crippen MR) is 81.5 cm³/mol. The van der Waals surface area contributed by atoms with E-state index in [1.54, 1.807) is 43.4 Å². The minimum atomic E-state index is -0.343. The van der Waals surface area contributed by atoms with Gasteiger partial charge < -0.3 is 10.6 Å². The quantitative estimate of drug-likeness (QED) is 0.883. The molecule has 20 heavy (non-hydrogen) atoms. The summed E-state index contributed by atoms with van der Waals surface area (Å²) in [5.41, 5.74) is 7.27. The van der Waals surface area contributed by atoms with Crippen LogP contribution in [0.15, 0.2) is 48.5 Å². The Labute approximate surface area is 121 Å². The zero-order chi connectivity index (χ0) is 14.7. The van der Waals surface area contributed by atoms with Crippen molar-refractivity contribution in [2.75, 3.05) is 11.9 Å². The fourth-order valence-electron chi connectivity index (χ4n) is 1.78. The zero-order valence-corrected chi connectivity index (χ0v) is 11.7. The second-order valence-corrected chi connectivity index (χ2v) is 4.73. The molecule has 2 aromatic carbocycles. The van der Waals surface area contributed by atoms with Crippen molar-refractivity contribution in [3.8, 4) is 0 Å². The van der Waals surface area contributed by atoms with Crippen LogP contribution in [-0.4, -0.2) is 17.9 Å². The van der Waals surface area contributed by atoms with E-state index in [4.69, 9.17) is 18.0 Å². The average molecular weight is 288 g/mol. The van der Waals surface area contributed by atoms with Gasteiger partial charge in [0.05, 0.1) is 0 Å². The maximum absolute atomic E-state index is 12.9. The molecule has 0 saturated carbocycles. The number of carbonyl (C=O) groups excluding carboxylic acids is 1. The van der Waals surface area contributed by atoms with Crippen molar-refractivity contribution in [1.29, 1.82) is 0 Å². The Hall–Kier alpha value is -2.27. The highest BCUT2D eigenvalue weighted by Gasteiger charge is 2.14. The predicted octanol–water partition coefficient (Wildman–Crippen LogP) is 2.74. The third-order valence-corrected chi connectivity index (χ3v) is 3.15. The van der Waals surface area contributed by atoms with E-state index in [-0.39, 0.29) is 16.7 Å². The number of halogens is 1. The number of rotatable bonds is 3. The van der Waals surface area contributed by atoms with E-state index in [1.807, 2.05) is 0 Å². The number of amides is 1. The second kappa shape index (κ2) is 5.79. The summed E-state index contributed by atoms with van der Waals surface area (Å²) in [6, 6.07) is 12.5. The summed E-state index contributed by atoms with van der Waals surface area (Å²) in [5, 5.41) is 0. The smallest absolute Gasteiger partial charge is 0.258 e. The van der Waals surface area contributed by atoms with E-state index in [0.29, 0.717) is 16.8 Å². The lowest BCUT2D eigenvalue weighted by Gasteiger charge is -2.17. The summed E-state index contributed by atoms with van der Waals surface area (Å²) in [4.78, 5) is 14.0. The first-order valence-electron chi connectivity index (χ1n) is 5.92. The third-order valence-electron chi connectivity index (χ3n) is 2.91. The highest BCUT2D eigenvalue weighted by atomic mass is 32.1. The van der Waals surface area contributed by atoms with E-state index in [0.717, 1.165) is 0 Å². The summed E-state index contributed by atoms with van der Waals surface area (Å²) in [6.07, 6.45) is 0. The van der Waals surface area contributed by atoms with E-state index >= 15 is 0 Å². The van der Waals surface area contributed by atoms with Gasteiger partial charge in [0.2, 0.25) is 0 Å². The Morgan fingerprint density at radius 3 is 2.35 bits per heavy atom. The van der Waals surface area contributed by atoms with E-state index < -0.39 is 0 Å². The van der Waals surface area contributed by atoms with Gasteiger partial charge in [0.25, 0.3) is 5.91 Å². The molecular formula is C15H13FN2OS. The lowest BCUT2D eigenvalue weighted by molar-refractivity contribution is 0.0993. The van der Waals surface area contributed by atoms with E-state index in [1.165, 1.54) is 17.0 Å². The first kappa shape index (κ1) is 14.1. The maximum atomic E-state index is 12.9. The van der Waals surface area contributed by atoms with Gasteiger partial charge in [0, 0.05) is 23.9 Å². The van der Waals surface area contributed by atoms with Crippen molar-refractivity contribution in [3.63, 3.8) is 0 Å². The topological polar surface area (TPSA) is 46.3 Å². The largest absolute Gasteiger partial charge is 0.389 e. The van der Waals surface area contributed by atoms with Crippen LogP contribution in [-0.2, 0) is 0 Å². The molecule has 5 heteroatoms. The molecule has 0 aliphatic rings. The normalized spacial score (nSPS) is 10.1. The number of hydrogen-bond acceptors (Lipinski definition) is 2. The highest BCUT2D eigenvalue weighted by molar-refractivity contribution is 7.80. The number of benzene rings is 2. The molecule has 0 bridgehead atoms. The monoisotopic (exact) mass is 288 g/mol. The van der Waals surface area contributed by atoms with Gasteiger partial charge >= 0.3 is 0 Å². The molecule has 3 nitrogen and oxygen atoms in total. The molecule has 0 aromatic heterocycles. The Morgan fingerprint density at radius 2 is 1.75 bits per heavy atom.